The van der Waals surface area contributed by atoms with Crippen LogP contribution in [0.5, 0.6) is 0 Å². The molecule has 248 valence electrons. The Hall–Kier alpha value is -5.04. The van der Waals surface area contributed by atoms with Gasteiger partial charge in [-0.05, 0) is 109 Å². The van der Waals surface area contributed by atoms with Crippen molar-refractivity contribution < 1.29 is 19.1 Å². The molecule has 2 saturated heterocycles. The van der Waals surface area contributed by atoms with E-state index in [-0.39, 0.29) is 24.3 Å². The van der Waals surface area contributed by atoms with Gasteiger partial charge in [-0.25, -0.2) is 19.6 Å². The summed E-state index contributed by atoms with van der Waals surface area (Å²) in [6, 6.07) is 15.9. The number of fused-ring (bicyclic) bond motifs is 4. The summed E-state index contributed by atoms with van der Waals surface area (Å²) in [5.74, 6) is 8.18. The Labute approximate surface area is 280 Å². The third-order valence-corrected chi connectivity index (χ3v) is 8.73. The highest BCUT2D eigenvalue weighted by Gasteiger charge is 2.36. The van der Waals surface area contributed by atoms with E-state index in [2.05, 4.69) is 40.0 Å². The lowest BCUT2D eigenvalue weighted by atomic mass is 10.1. The number of aromatic nitrogens is 4. The first-order valence-electron chi connectivity index (χ1n) is 16.7. The van der Waals surface area contributed by atoms with E-state index < -0.39 is 11.2 Å². The van der Waals surface area contributed by atoms with Gasteiger partial charge in [-0.2, -0.15) is 0 Å². The van der Waals surface area contributed by atoms with Crippen molar-refractivity contribution >= 4 is 45.0 Å². The first-order valence-corrected chi connectivity index (χ1v) is 16.7. The Morgan fingerprint density at radius 1 is 0.729 bits per heavy atom. The zero-order valence-corrected chi connectivity index (χ0v) is 28.4. The van der Waals surface area contributed by atoms with E-state index in [0.717, 1.165) is 81.3 Å². The SMILES string of the molecule is CC(C)(C)OC(=O)N1CCC[C@H]1c1nc2ccc(C#Cc3ccc4c(ccc5[nH]c([C@@H]6CCCN6C(=O)OC(C)(C)C)nc54)c3)cc2[nH]1. The van der Waals surface area contributed by atoms with Gasteiger partial charge in [-0.15, -0.1) is 0 Å². The first kappa shape index (κ1) is 31.6. The molecule has 48 heavy (non-hydrogen) atoms. The molecule has 10 nitrogen and oxygen atoms in total. The predicted octanol–water partition coefficient (Wildman–Crippen LogP) is 8.14. The lowest BCUT2D eigenvalue weighted by Gasteiger charge is -2.27. The van der Waals surface area contributed by atoms with Crippen LogP contribution in [0.4, 0.5) is 9.59 Å². The van der Waals surface area contributed by atoms with Crippen LogP contribution in [0.15, 0.2) is 48.5 Å². The number of nitrogens with one attached hydrogen (secondary N) is 2. The molecule has 0 aliphatic carbocycles. The number of ether oxygens (including phenoxy) is 2. The van der Waals surface area contributed by atoms with E-state index in [9.17, 15) is 9.59 Å². The van der Waals surface area contributed by atoms with Crippen LogP contribution in [-0.2, 0) is 9.47 Å². The van der Waals surface area contributed by atoms with Gasteiger partial charge in [0, 0.05) is 29.6 Å². The quantitative estimate of drug-likeness (QED) is 0.187. The molecule has 2 aliphatic heterocycles. The summed E-state index contributed by atoms with van der Waals surface area (Å²) in [6.45, 7) is 12.6. The van der Waals surface area contributed by atoms with Crippen LogP contribution in [0.1, 0.15) is 102 Å². The van der Waals surface area contributed by atoms with Crippen molar-refractivity contribution in [2.24, 2.45) is 0 Å². The normalized spacial score (nSPS) is 18.5. The lowest BCUT2D eigenvalue weighted by Crippen LogP contribution is -2.36. The Kier molecular flexibility index (Phi) is 7.81. The highest BCUT2D eigenvalue weighted by molar-refractivity contribution is 6.04. The molecular weight excluding hydrogens is 604 g/mol. The molecule has 7 rings (SSSR count). The number of nitrogens with zero attached hydrogens (tertiary/aromatic N) is 4. The number of amides is 2. The monoisotopic (exact) mass is 646 g/mol. The van der Waals surface area contributed by atoms with Gasteiger partial charge in [0.15, 0.2) is 0 Å². The largest absolute Gasteiger partial charge is 0.444 e. The van der Waals surface area contributed by atoms with Crippen LogP contribution in [0.25, 0.3) is 32.8 Å². The van der Waals surface area contributed by atoms with Crippen LogP contribution >= 0.6 is 0 Å². The van der Waals surface area contributed by atoms with Crippen molar-refractivity contribution in [1.82, 2.24) is 29.7 Å². The maximum absolute atomic E-state index is 12.9. The van der Waals surface area contributed by atoms with Gasteiger partial charge < -0.3 is 19.4 Å². The second-order valence-corrected chi connectivity index (χ2v) is 14.8. The third kappa shape index (κ3) is 6.42. The van der Waals surface area contributed by atoms with Gasteiger partial charge in [0.05, 0.1) is 34.2 Å². The molecule has 0 radical (unpaired) electrons. The summed E-state index contributed by atoms with van der Waals surface area (Å²) in [7, 11) is 0. The van der Waals surface area contributed by atoms with E-state index in [0.29, 0.717) is 13.1 Å². The number of likely N-dealkylation sites (tertiary alicyclic amines) is 2. The molecule has 2 amide bonds. The van der Waals surface area contributed by atoms with Gasteiger partial charge in [0.1, 0.15) is 22.9 Å². The summed E-state index contributed by atoms with van der Waals surface area (Å²) in [5, 5.41) is 2.07. The first-order chi connectivity index (χ1) is 22.8. The standard InChI is InChI=1S/C38H42N6O4/c1-37(2,3)47-35(45)43-19-7-9-30(43)33-39-27-17-14-24(22-29(27)41-33)12-11-23-13-16-26-25(21-23)15-18-28-32(26)42-34(40-28)31-10-8-20-44(31)36(46)48-38(4,5)6/h13-18,21-22,30-31H,7-10,19-20H2,1-6H3,(H,39,41)(H,40,42)/t30-,31-/m0/s1. The fourth-order valence-corrected chi connectivity index (χ4v) is 6.65. The third-order valence-electron chi connectivity index (χ3n) is 8.73. The van der Waals surface area contributed by atoms with E-state index >= 15 is 0 Å². The van der Waals surface area contributed by atoms with Crippen molar-refractivity contribution in [3.05, 3.63) is 71.3 Å². The average molecular weight is 647 g/mol. The Bertz CT molecular complexity index is 2100. The summed E-state index contributed by atoms with van der Waals surface area (Å²) in [6.07, 6.45) is 2.89. The minimum Gasteiger partial charge on any atom is -0.444 e. The molecular formula is C38H42N6O4. The van der Waals surface area contributed by atoms with Gasteiger partial charge in [0.2, 0.25) is 0 Å². The Balaban J connectivity index is 1.10. The lowest BCUT2D eigenvalue weighted by molar-refractivity contribution is 0.0208. The molecule has 2 aliphatic rings. The number of imidazole rings is 2. The molecule has 4 heterocycles. The molecule has 5 aromatic rings. The summed E-state index contributed by atoms with van der Waals surface area (Å²) >= 11 is 0. The molecule has 2 N–H and O–H groups in total. The number of H-pyrrole nitrogens is 2. The fourth-order valence-electron chi connectivity index (χ4n) is 6.65. The highest BCUT2D eigenvalue weighted by atomic mass is 16.6. The van der Waals surface area contributed by atoms with Crippen LogP contribution in [0, 0.1) is 11.8 Å². The van der Waals surface area contributed by atoms with Crippen LogP contribution in [0.3, 0.4) is 0 Å². The number of hydrogen-bond acceptors (Lipinski definition) is 6. The number of rotatable bonds is 2. The average Bonchev–Trinajstić information content (AvgIpc) is 3.82. The number of carbonyl (C=O) groups is 2. The maximum atomic E-state index is 12.9. The second kappa shape index (κ2) is 11.9. The molecule has 0 unspecified atom stereocenters. The zero-order chi connectivity index (χ0) is 33.8. The Morgan fingerprint density at radius 3 is 1.92 bits per heavy atom. The summed E-state index contributed by atoms with van der Waals surface area (Å²) < 4.78 is 11.3. The summed E-state index contributed by atoms with van der Waals surface area (Å²) in [5.41, 5.74) is 4.21. The molecule has 2 atom stereocenters. The van der Waals surface area contributed by atoms with Crippen LogP contribution < -0.4 is 0 Å². The van der Waals surface area contributed by atoms with Crippen LogP contribution in [-0.4, -0.2) is 66.2 Å². The smallest absolute Gasteiger partial charge is 0.410 e. The van der Waals surface area contributed by atoms with Crippen molar-refractivity contribution in [1.29, 1.82) is 0 Å². The van der Waals surface area contributed by atoms with Gasteiger partial charge >= 0.3 is 12.2 Å². The number of carbonyl (C=O) groups excluding carboxylic acids is 2. The summed E-state index contributed by atoms with van der Waals surface area (Å²) in [4.78, 5) is 46.0. The van der Waals surface area contributed by atoms with E-state index in [1.807, 2.05) is 71.9 Å². The molecule has 2 aromatic heterocycles. The number of aromatic amines is 2. The van der Waals surface area contributed by atoms with Crippen molar-refractivity contribution in [2.75, 3.05) is 13.1 Å². The molecule has 10 heteroatoms. The minimum absolute atomic E-state index is 0.140. The fraction of sp³-hybridized carbons (Fsp3) is 0.421. The minimum atomic E-state index is -0.549. The molecule has 0 bridgehead atoms. The molecule has 2 fully saturated rings. The van der Waals surface area contributed by atoms with E-state index in [1.54, 1.807) is 9.80 Å². The topological polar surface area (TPSA) is 116 Å². The molecule has 0 spiro atoms. The van der Waals surface area contributed by atoms with Gasteiger partial charge in [-0.1, -0.05) is 24.0 Å². The molecule has 3 aromatic carbocycles. The second-order valence-electron chi connectivity index (χ2n) is 14.8. The van der Waals surface area contributed by atoms with Crippen LogP contribution in [0.2, 0.25) is 0 Å². The molecule has 0 saturated carbocycles. The van der Waals surface area contributed by atoms with E-state index in [1.165, 1.54) is 0 Å². The van der Waals surface area contributed by atoms with Gasteiger partial charge in [-0.3, -0.25) is 9.80 Å². The van der Waals surface area contributed by atoms with Crippen molar-refractivity contribution in [2.45, 2.75) is 90.5 Å². The van der Waals surface area contributed by atoms with Crippen molar-refractivity contribution in [3.8, 4) is 11.8 Å². The van der Waals surface area contributed by atoms with E-state index in [4.69, 9.17) is 19.4 Å². The number of hydrogen-bond donors (Lipinski definition) is 2. The predicted molar refractivity (Wildman–Crippen MR) is 186 cm³/mol. The zero-order valence-electron chi connectivity index (χ0n) is 28.4. The van der Waals surface area contributed by atoms with Crippen molar-refractivity contribution in [3.63, 3.8) is 0 Å². The Morgan fingerprint density at radius 2 is 1.29 bits per heavy atom. The number of benzene rings is 3. The highest BCUT2D eigenvalue weighted by Crippen LogP contribution is 2.35. The maximum Gasteiger partial charge on any atom is 0.410 e. The van der Waals surface area contributed by atoms with Gasteiger partial charge in [0.25, 0.3) is 0 Å².